The lowest BCUT2D eigenvalue weighted by molar-refractivity contribution is -0.121. The van der Waals surface area contributed by atoms with Gasteiger partial charge in [0.25, 0.3) is 0 Å². The highest BCUT2D eigenvalue weighted by molar-refractivity contribution is 5.75. The molecular formula is C16H25NO2. The number of hydrogen-bond donors (Lipinski definition) is 1. The standard InChI is InChI=1S/C16H25NO2/c1-5-6-16(18)17-10-9-13-7-8-15(19-4)14(11-13)12(2)3/h7-8,11-12H,5-6,9-10H2,1-4H3,(H,17,18). The van der Waals surface area contributed by atoms with Crippen molar-refractivity contribution in [3.8, 4) is 5.75 Å². The zero-order chi connectivity index (χ0) is 14.3. The molecule has 0 atom stereocenters. The van der Waals surface area contributed by atoms with E-state index in [0.717, 1.165) is 18.6 Å². The maximum absolute atomic E-state index is 11.4. The van der Waals surface area contributed by atoms with Crippen LogP contribution in [0.3, 0.4) is 0 Å². The molecule has 0 bridgehead atoms. The lowest BCUT2D eigenvalue weighted by Crippen LogP contribution is -2.25. The van der Waals surface area contributed by atoms with Gasteiger partial charge in [-0.2, -0.15) is 0 Å². The molecule has 0 aliphatic carbocycles. The van der Waals surface area contributed by atoms with Gasteiger partial charge in [-0.3, -0.25) is 4.79 Å². The summed E-state index contributed by atoms with van der Waals surface area (Å²) in [5.74, 6) is 1.51. The van der Waals surface area contributed by atoms with Crippen LogP contribution in [0, 0.1) is 0 Å². The third-order valence-electron chi connectivity index (χ3n) is 3.13. The molecule has 1 rings (SSSR count). The summed E-state index contributed by atoms with van der Waals surface area (Å²) in [6.45, 7) is 7.02. The molecule has 3 heteroatoms. The summed E-state index contributed by atoms with van der Waals surface area (Å²) in [5, 5.41) is 2.94. The minimum absolute atomic E-state index is 0.139. The van der Waals surface area contributed by atoms with E-state index in [-0.39, 0.29) is 5.91 Å². The van der Waals surface area contributed by atoms with Gasteiger partial charge in [0, 0.05) is 13.0 Å². The predicted molar refractivity (Wildman–Crippen MR) is 78.7 cm³/mol. The number of methoxy groups -OCH3 is 1. The highest BCUT2D eigenvalue weighted by Crippen LogP contribution is 2.27. The Morgan fingerprint density at radius 3 is 2.68 bits per heavy atom. The quantitative estimate of drug-likeness (QED) is 0.820. The van der Waals surface area contributed by atoms with Gasteiger partial charge in [-0.05, 0) is 36.0 Å². The molecule has 1 aromatic carbocycles. The third-order valence-corrected chi connectivity index (χ3v) is 3.13. The number of carbonyl (C=O) groups excluding carboxylic acids is 1. The van der Waals surface area contributed by atoms with E-state index in [1.807, 2.05) is 13.0 Å². The summed E-state index contributed by atoms with van der Waals surface area (Å²) in [7, 11) is 1.70. The fourth-order valence-electron chi connectivity index (χ4n) is 2.05. The second-order valence-corrected chi connectivity index (χ2v) is 5.08. The first-order valence-electron chi connectivity index (χ1n) is 7.02. The molecule has 0 aliphatic rings. The Balaban J connectivity index is 2.59. The zero-order valence-electron chi connectivity index (χ0n) is 12.5. The molecule has 3 nitrogen and oxygen atoms in total. The fraction of sp³-hybridized carbons (Fsp3) is 0.562. The van der Waals surface area contributed by atoms with Crippen LogP contribution in [0.15, 0.2) is 18.2 Å². The van der Waals surface area contributed by atoms with Crippen LogP contribution in [0.4, 0.5) is 0 Å². The van der Waals surface area contributed by atoms with Crippen molar-refractivity contribution in [2.75, 3.05) is 13.7 Å². The van der Waals surface area contributed by atoms with Gasteiger partial charge < -0.3 is 10.1 Å². The summed E-state index contributed by atoms with van der Waals surface area (Å²) in [6.07, 6.45) is 2.37. The van der Waals surface area contributed by atoms with Gasteiger partial charge in [-0.25, -0.2) is 0 Å². The lowest BCUT2D eigenvalue weighted by atomic mass is 9.98. The summed E-state index contributed by atoms with van der Waals surface area (Å²) in [5.41, 5.74) is 2.46. The van der Waals surface area contributed by atoms with Gasteiger partial charge in [-0.15, -0.1) is 0 Å². The van der Waals surface area contributed by atoms with Gasteiger partial charge in [0.1, 0.15) is 5.75 Å². The van der Waals surface area contributed by atoms with Crippen molar-refractivity contribution >= 4 is 5.91 Å². The van der Waals surface area contributed by atoms with Crippen molar-refractivity contribution in [1.29, 1.82) is 0 Å². The van der Waals surface area contributed by atoms with Crippen molar-refractivity contribution in [1.82, 2.24) is 5.32 Å². The normalized spacial score (nSPS) is 10.6. The molecule has 0 fully saturated rings. The highest BCUT2D eigenvalue weighted by Gasteiger charge is 2.08. The van der Waals surface area contributed by atoms with E-state index in [4.69, 9.17) is 4.74 Å². The van der Waals surface area contributed by atoms with E-state index in [1.165, 1.54) is 11.1 Å². The van der Waals surface area contributed by atoms with Crippen LogP contribution in [0.1, 0.15) is 50.7 Å². The summed E-state index contributed by atoms with van der Waals surface area (Å²) >= 11 is 0. The van der Waals surface area contributed by atoms with Gasteiger partial charge in [0.2, 0.25) is 5.91 Å². The number of carbonyl (C=O) groups is 1. The predicted octanol–water partition coefficient (Wildman–Crippen LogP) is 3.28. The lowest BCUT2D eigenvalue weighted by Gasteiger charge is -2.13. The smallest absolute Gasteiger partial charge is 0.219 e. The fourth-order valence-corrected chi connectivity index (χ4v) is 2.05. The Labute approximate surface area is 116 Å². The van der Waals surface area contributed by atoms with E-state index < -0.39 is 0 Å². The summed E-state index contributed by atoms with van der Waals surface area (Å²) < 4.78 is 5.37. The highest BCUT2D eigenvalue weighted by atomic mass is 16.5. The van der Waals surface area contributed by atoms with Crippen molar-refractivity contribution in [2.45, 2.75) is 46.0 Å². The topological polar surface area (TPSA) is 38.3 Å². The van der Waals surface area contributed by atoms with Gasteiger partial charge in [0.05, 0.1) is 7.11 Å². The molecule has 0 spiro atoms. The third kappa shape index (κ3) is 4.93. The Bertz CT molecular complexity index is 413. The molecule has 0 unspecified atom stereocenters. The Hall–Kier alpha value is -1.51. The van der Waals surface area contributed by atoms with E-state index in [2.05, 4.69) is 31.3 Å². The minimum atomic E-state index is 0.139. The first-order valence-corrected chi connectivity index (χ1v) is 7.02. The molecule has 1 amide bonds. The van der Waals surface area contributed by atoms with Gasteiger partial charge in [0.15, 0.2) is 0 Å². The number of benzene rings is 1. The monoisotopic (exact) mass is 263 g/mol. The molecule has 1 N–H and O–H groups in total. The first-order chi connectivity index (χ1) is 9.08. The van der Waals surface area contributed by atoms with Crippen LogP contribution in [-0.4, -0.2) is 19.6 Å². The van der Waals surface area contributed by atoms with E-state index in [1.54, 1.807) is 7.11 Å². The maximum Gasteiger partial charge on any atom is 0.219 e. The second kappa shape index (κ2) is 7.82. The molecule has 0 saturated carbocycles. The first kappa shape index (κ1) is 15.5. The molecule has 0 aromatic heterocycles. The van der Waals surface area contributed by atoms with Crippen molar-refractivity contribution in [3.05, 3.63) is 29.3 Å². The second-order valence-electron chi connectivity index (χ2n) is 5.08. The number of amides is 1. The van der Waals surface area contributed by atoms with Gasteiger partial charge >= 0.3 is 0 Å². The van der Waals surface area contributed by atoms with Crippen molar-refractivity contribution in [2.24, 2.45) is 0 Å². The van der Waals surface area contributed by atoms with Crippen LogP contribution < -0.4 is 10.1 Å². The molecule has 0 radical (unpaired) electrons. The van der Waals surface area contributed by atoms with Crippen LogP contribution >= 0.6 is 0 Å². The number of ether oxygens (including phenoxy) is 1. The molecule has 106 valence electrons. The molecule has 0 heterocycles. The molecule has 0 aliphatic heterocycles. The van der Waals surface area contributed by atoms with Crippen molar-refractivity contribution < 1.29 is 9.53 Å². The average molecular weight is 263 g/mol. The van der Waals surface area contributed by atoms with Crippen LogP contribution in [0.2, 0.25) is 0 Å². The largest absolute Gasteiger partial charge is 0.496 e. The maximum atomic E-state index is 11.4. The number of nitrogens with one attached hydrogen (secondary N) is 1. The Morgan fingerprint density at radius 1 is 1.37 bits per heavy atom. The van der Waals surface area contributed by atoms with E-state index >= 15 is 0 Å². The minimum Gasteiger partial charge on any atom is -0.496 e. The Kier molecular flexibility index (Phi) is 6.40. The Morgan fingerprint density at radius 2 is 2.11 bits per heavy atom. The molecule has 1 aromatic rings. The SMILES string of the molecule is CCCC(=O)NCCc1ccc(OC)c(C(C)C)c1. The van der Waals surface area contributed by atoms with Gasteiger partial charge in [-0.1, -0.05) is 32.9 Å². The van der Waals surface area contributed by atoms with Crippen LogP contribution in [-0.2, 0) is 11.2 Å². The number of hydrogen-bond acceptors (Lipinski definition) is 2. The molecular weight excluding hydrogens is 238 g/mol. The van der Waals surface area contributed by atoms with E-state index in [0.29, 0.717) is 18.9 Å². The summed E-state index contributed by atoms with van der Waals surface area (Å²) in [6, 6.07) is 6.25. The average Bonchev–Trinajstić information content (AvgIpc) is 2.38. The summed E-state index contributed by atoms with van der Waals surface area (Å²) in [4.78, 5) is 11.4. The number of rotatable bonds is 7. The van der Waals surface area contributed by atoms with Crippen LogP contribution in [0.5, 0.6) is 5.75 Å². The van der Waals surface area contributed by atoms with Crippen LogP contribution in [0.25, 0.3) is 0 Å². The van der Waals surface area contributed by atoms with E-state index in [9.17, 15) is 4.79 Å². The molecule has 19 heavy (non-hydrogen) atoms. The molecule has 0 saturated heterocycles. The zero-order valence-corrected chi connectivity index (χ0v) is 12.5. The van der Waals surface area contributed by atoms with Crippen molar-refractivity contribution in [3.63, 3.8) is 0 Å².